The Morgan fingerprint density at radius 2 is 1.70 bits per heavy atom. The predicted molar refractivity (Wildman–Crippen MR) is 140 cm³/mol. The first-order valence-electron chi connectivity index (χ1n) is 12.2. The van der Waals surface area contributed by atoms with Gasteiger partial charge in [-0.1, -0.05) is 0 Å². The number of esters is 2. The van der Waals surface area contributed by atoms with Crippen LogP contribution in [-0.4, -0.2) is 89.6 Å². The molecule has 0 saturated carbocycles. The number of carbonyl (C=O) groups is 3. The Kier molecular flexibility index (Phi) is 8.80. The minimum Gasteiger partial charge on any atom is -0.465 e. The molecule has 1 aliphatic rings. The summed E-state index contributed by atoms with van der Waals surface area (Å²) in [5.74, 6) is -1.39. The average Bonchev–Trinajstić information content (AvgIpc) is 2.96. The fourth-order valence-electron chi connectivity index (χ4n) is 4.30. The Hall–Kier alpha value is -4.30. The number of pyridine rings is 1. The minimum atomic E-state index is -1.45. The highest BCUT2D eigenvalue weighted by molar-refractivity contribution is 6.07. The van der Waals surface area contributed by atoms with Crippen LogP contribution < -0.4 is 15.4 Å². The first kappa shape index (κ1) is 28.7. The summed E-state index contributed by atoms with van der Waals surface area (Å²) in [4.78, 5) is 40.6. The highest BCUT2D eigenvalue weighted by atomic mass is 16.7. The van der Waals surface area contributed by atoms with E-state index < -0.39 is 55.1 Å². The Labute approximate surface area is 228 Å². The first-order chi connectivity index (χ1) is 19.2. The number of carbonyl (C=O) groups excluding carboxylic acids is 3. The first-order valence-corrected chi connectivity index (χ1v) is 12.2. The maximum absolute atomic E-state index is 12.5. The van der Waals surface area contributed by atoms with Crippen LogP contribution >= 0.6 is 0 Å². The molecule has 5 unspecified atom stereocenters. The van der Waals surface area contributed by atoms with E-state index in [1.54, 1.807) is 42.5 Å². The molecule has 5 N–H and O–H groups in total. The van der Waals surface area contributed by atoms with E-state index in [0.717, 1.165) is 0 Å². The van der Waals surface area contributed by atoms with Gasteiger partial charge in [-0.05, 0) is 42.5 Å². The fraction of sp³-hybridized carbons (Fsp3) is 0.333. The third-order valence-electron chi connectivity index (χ3n) is 6.32. The van der Waals surface area contributed by atoms with Crippen LogP contribution in [0.4, 0.5) is 11.4 Å². The highest BCUT2D eigenvalue weighted by Gasteiger charge is 2.46. The number of nitrogens with one attached hydrogen (secondary N) is 2. The van der Waals surface area contributed by atoms with Crippen LogP contribution in [0.25, 0.3) is 10.9 Å². The van der Waals surface area contributed by atoms with Crippen molar-refractivity contribution >= 4 is 40.1 Å². The van der Waals surface area contributed by atoms with E-state index >= 15 is 0 Å². The predicted octanol–water partition coefficient (Wildman–Crippen LogP) is 0.874. The number of nitrogens with zero attached hydrogens (tertiary/aromatic N) is 1. The topological polar surface area (TPSA) is 186 Å². The molecular weight excluding hydrogens is 526 g/mol. The van der Waals surface area contributed by atoms with Gasteiger partial charge in [-0.15, -0.1) is 0 Å². The average molecular weight is 556 g/mol. The van der Waals surface area contributed by atoms with E-state index in [9.17, 15) is 29.7 Å². The Balaban J connectivity index is 1.63. The van der Waals surface area contributed by atoms with Gasteiger partial charge in [0.2, 0.25) is 12.2 Å². The van der Waals surface area contributed by atoms with Gasteiger partial charge in [0.25, 0.3) is 0 Å². The van der Waals surface area contributed by atoms with Crippen molar-refractivity contribution in [3.63, 3.8) is 0 Å². The monoisotopic (exact) mass is 555 g/mol. The number of amides is 1. The lowest BCUT2D eigenvalue weighted by Gasteiger charge is -2.42. The molecule has 5 atom stereocenters. The lowest BCUT2D eigenvalue weighted by Crippen LogP contribution is -2.65. The number of ether oxygens (including phenoxy) is 4. The Morgan fingerprint density at radius 3 is 2.33 bits per heavy atom. The smallest absolute Gasteiger partial charge is 0.341 e. The number of rotatable bonds is 8. The zero-order valence-corrected chi connectivity index (χ0v) is 21.9. The largest absolute Gasteiger partial charge is 0.465 e. The number of aliphatic hydroxyl groups is 3. The summed E-state index contributed by atoms with van der Waals surface area (Å²) in [5.41, 5.74) is 1.79. The van der Waals surface area contributed by atoms with Crippen molar-refractivity contribution in [3.8, 4) is 5.75 Å². The highest BCUT2D eigenvalue weighted by Crippen LogP contribution is 2.32. The summed E-state index contributed by atoms with van der Waals surface area (Å²) in [6.07, 6.45) is -3.87. The lowest BCUT2D eigenvalue weighted by atomic mass is 9.97. The number of anilines is 2. The number of hydrogen-bond donors (Lipinski definition) is 5. The van der Waals surface area contributed by atoms with E-state index in [1.807, 2.05) is 0 Å². The van der Waals surface area contributed by atoms with Crippen molar-refractivity contribution in [2.24, 2.45) is 0 Å². The molecule has 0 bridgehead atoms. The van der Waals surface area contributed by atoms with Crippen molar-refractivity contribution in [2.45, 2.75) is 37.6 Å². The van der Waals surface area contributed by atoms with E-state index in [0.29, 0.717) is 22.3 Å². The van der Waals surface area contributed by atoms with Crippen molar-refractivity contribution in [2.75, 3.05) is 26.1 Å². The molecule has 2 aromatic carbocycles. The number of aliphatic hydroxyl groups excluding tert-OH is 3. The molecule has 1 aliphatic heterocycles. The van der Waals surface area contributed by atoms with Crippen LogP contribution in [-0.2, 0) is 19.0 Å². The molecular formula is C27H29N3O10. The number of methoxy groups -OCH3 is 2. The standard InChI is InChI=1S/C27H29N3O10/c1-13(32)29-22-24(34)23(33)20(12-31)40-27(22)39-16-7-5-15(6-8-16)30-21-17-10-14(25(35)37-2)4-9-19(17)28-11-18(21)26(36)38-3/h4-11,20,22-24,27,31,33-34H,12H2,1-3H3,(H,28,30)(H,29,32). The van der Waals surface area contributed by atoms with E-state index in [2.05, 4.69) is 15.6 Å². The number of hydrogen-bond acceptors (Lipinski definition) is 12. The summed E-state index contributed by atoms with van der Waals surface area (Å²) in [7, 11) is 2.51. The number of benzene rings is 2. The van der Waals surface area contributed by atoms with Crippen molar-refractivity contribution < 1.29 is 48.7 Å². The molecule has 13 nitrogen and oxygen atoms in total. The third-order valence-corrected chi connectivity index (χ3v) is 6.32. The summed E-state index contributed by atoms with van der Waals surface area (Å²) < 4.78 is 21.2. The molecule has 40 heavy (non-hydrogen) atoms. The van der Waals surface area contributed by atoms with Gasteiger partial charge in [-0.25, -0.2) is 9.59 Å². The third kappa shape index (κ3) is 5.97. The quantitative estimate of drug-likeness (QED) is 0.247. The van der Waals surface area contributed by atoms with Gasteiger partial charge in [0.15, 0.2) is 0 Å². The van der Waals surface area contributed by atoms with Crippen molar-refractivity contribution in [3.05, 3.63) is 59.8 Å². The van der Waals surface area contributed by atoms with Gasteiger partial charge < -0.3 is 44.9 Å². The molecule has 0 radical (unpaired) electrons. The summed E-state index contributed by atoms with van der Waals surface area (Å²) in [6, 6.07) is 10.1. The Morgan fingerprint density at radius 1 is 1.00 bits per heavy atom. The molecule has 13 heteroatoms. The van der Waals surface area contributed by atoms with Gasteiger partial charge in [0.05, 0.1) is 37.6 Å². The number of aromatic nitrogens is 1. The van der Waals surface area contributed by atoms with Crippen LogP contribution in [0, 0.1) is 0 Å². The molecule has 1 fully saturated rings. The second-order valence-corrected chi connectivity index (χ2v) is 8.96. The van der Waals surface area contributed by atoms with Gasteiger partial charge in [-0.3, -0.25) is 9.78 Å². The zero-order valence-electron chi connectivity index (χ0n) is 21.9. The maximum atomic E-state index is 12.5. The van der Waals surface area contributed by atoms with Crippen LogP contribution in [0.5, 0.6) is 5.75 Å². The molecule has 1 aromatic heterocycles. The molecule has 0 spiro atoms. The van der Waals surface area contributed by atoms with E-state index in [-0.39, 0.29) is 16.9 Å². The van der Waals surface area contributed by atoms with E-state index in [4.69, 9.17) is 18.9 Å². The van der Waals surface area contributed by atoms with Gasteiger partial charge in [0, 0.05) is 24.2 Å². The van der Waals surface area contributed by atoms with Crippen LogP contribution in [0.3, 0.4) is 0 Å². The van der Waals surface area contributed by atoms with Crippen LogP contribution in [0.1, 0.15) is 27.6 Å². The molecule has 1 saturated heterocycles. The molecule has 2 heterocycles. The molecule has 212 valence electrons. The second-order valence-electron chi connectivity index (χ2n) is 8.96. The van der Waals surface area contributed by atoms with Crippen molar-refractivity contribution in [1.82, 2.24) is 10.3 Å². The lowest BCUT2D eigenvalue weighted by molar-refractivity contribution is -0.244. The van der Waals surface area contributed by atoms with E-state index in [1.165, 1.54) is 27.3 Å². The van der Waals surface area contributed by atoms with Crippen LogP contribution in [0.15, 0.2) is 48.7 Å². The molecule has 3 aromatic rings. The van der Waals surface area contributed by atoms with Crippen LogP contribution in [0.2, 0.25) is 0 Å². The fourth-order valence-corrected chi connectivity index (χ4v) is 4.30. The van der Waals surface area contributed by atoms with Crippen molar-refractivity contribution in [1.29, 1.82) is 0 Å². The maximum Gasteiger partial charge on any atom is 0.341 e. The Bertz CT molecular complexity index is 1390. The minimum absolute atomic E-state index is 0.133. The molecule has 4 rings (SSSR count). The normalized spacial score (nSPS) is 22.3. The summed E-state index contributed by atoms with van der Waals surface area (Å²) in [5, 5.41) is 36.3. The van der Waals surface area contributed by atoms with Gasteiger partial charge >= 0.3 is 11.9 Å². The molecule has 0 aliphatic carbocycles. The van der Waals surface area contributed by atoms with Gasteiger partial charge in [-0.2, -0.15) is 0 Å². The van der Waals surface area contributed by atoms with Gasteiger partial charge in [0.1, 0.15) is 35.7 Å². The SMILES string of the molecule is COC(=O)c1ccc2ncc(C(=O)OC)c(Nc3ccc(OC4OC(CO)C(O)C(O)C4NC(C)=O)cc3)c2c1. The zero-order chi connectivity index (χ0) is 29.0. The second kappa shape index (κ2) is 12.3. The number of fused-ring (bicyclic) bond motifs is 1. The molecule has 1 amide bonds. The summed E-state index contributed by atoms with van der Waals surface area (Å²) >= 11 is 0. The summed E-state index contributed by atoms with van der Waals surface area (Å²) in [6.45, 7) is 0.669.